The van der Waals surface area contributed by atoms with E-state index >= 15 is 0 Å². The Bertz CT molecular complexity index is 806. The highest BCUT2D eigenvalue weighted by Crippen LogP contribution is 2.37. The van der Waals surface area contributed by atoms with Crippen molar-refractivity contribution in [1.82, 2.24) is 15.1 Å². The first kappa shape index (κ1) is 22.4. The quantitative estimate of drug-likeness (QED) is 0.646. The molecular formula is C24H35N3O3. The van der Waals surface area contributed by atoms with Crippen LogP contribution in [0.3, 0.4) is 0 Å². The Labute approximate surface area is 180 Å². The van der Waals surface area contributed by atoms with Gasteiger partial charge in [0, 0.05) is 19.6 Å². The smallest absolute Gasteiger partial charge is 0.161 e. The molecule has 30 heavy (non-hydrogen) atoms. The Morgan fingerprint density at radius 2 is 1.57 bits per heavy atom. The van der Waals surface area contributed by atoms with Gasteiger partial charge in [0.05, 0.1) is 13.2 Å². The Morgan fingerprint density at radius 1 is 0.900 bits per heavy atom. The molecule has 6 heteroatoms. The maximum Gasteiger partial charge on any atom is 0.161 e. The predicted molar refractivity (Wildman–Crippen MR) is 121 cm³/mol. The highest BCUT2D eigenvalue weighted by atomic mass is 16.5. The van der Waals surface area contributed by atoms with Crippen molar-refractivity contribution in [3.05, 3.63) is 53.1 Å². The highest BCUT2D eigenvalue weighted by molar-refractivity contribution is 5.52. The number of ether oxygens (including phenoxy) is 3. The van der Waals surface area contributed by atoms with Crippen molar-refractivity contribution in [2.45, 2.75) is 12.5 Å². The van der Waals surface area contributed by atoms with Crippen molar-refractivity contribution < 1.29 is 14.2 Å². The van der Waals surface area contributed by atoms with Crippen molar-refractivity contribution in [3.8, 4) is 17.2 Å². The zero-order valence-corrected chi connectivity index (χ0v) is 18.9. The van der Waals surface area contributed by atoms with Crippen molar-refractivity contribution in [2.75, 3.05) is 68.1 Å². The Hall–Kier alpha value is -2.28. The lowest BCUT2D eigenvalue weighted by molar-refractivity contribution is 0.250. The summed E-state index contributed by atoms with van der Waals surface area (Å²) in [4.78, 5) is 4.22. The van der Waals surface area contributed by atoms with Crippen LogP contribution in [-0.2, 0) is 6.42 Å². The number of hydrogen-bond donors (Lipinski definition) is 1. The van der Waals surface area contributed by atoms with Gasteiger partial charge in [-0.1, -0.05) is 12.1 Å². The van der Waals surface area contributed by atoms with Gasteiger partial charge in [0.15, 0.2) is 11.5 Å². The molecule has 1 N–H and O–H groups in total. The summed E-state index contributed by atoms with van der Waals surface area (Å²) in [6, 6.07) is 12.8. The van der Waals surface area contributed by atoms with Gasteiger partial charge in [-0.25, -0.2) is 0 Å². The van der Waals surface area contributed by atoms with Crippen LogP contribution in [0.25, 0.3) is 0 Å². The lowest BCUT2D eigenvalue weighted by atomic mass is 9.89. The maximum atomic E-state index is 6.05. The van der Waals surface area contributed by atoms with Crippen molar-refractivity contribution in [1.29, 1.82) is 0 Å². The van der Waals surface area contributed by atoms with E-state index < -0.39 is 0 Å². The van der Waals surface area contributed by atoms with Gasteiger partial charge in [-0.3, -0.25) is 0 Å². The molecule has 0 amide bonds. The topological polar surface area (TPSA) is 46.2 Å². The van der Waals surface area contributed by atoms with Crippen LogP contribution in [0.15, 0.2) is 36.4 Å². The minimum absolute atomic E-state index is 0.131. The van der Waals surface area contributed by atoms with Crippen LogP contribution in [0.2, 0.25) is 0 Å². The molecule has 0 spiro atoms. The van der Waals surface area contributed by atoms with Crippen LogP contribution in [0, 0.1) is 0 Å². The van der Waals surface area contributed by atoms with Crippen LogP contribution < -0.4 is 19.5 Å². The predicted octanol–water partition coefficient (Wildman–Crippen LogP) is 2.81. The standard InChI is InChI=1S/C24H35N3O3/c1-26(2)12-14-29-20-8-6-18(7-9-20)24-21-17-23(30-15-13-27(3)4)22(28-5)16-19(21)10-11-25-24/h6-9,16-17,24-25H,10-15H2,1-5H3. The minimum atomic E-state index is 0.131. The summed E-state index contributed by atoms with van der Waals surface area (Å²) in [5.41, 5.74) is 3.78. The summed E-state index contributed by atoms with van der Waals surface area (Å²) >= 11 is 0. The maximum absolute atomic E-state index is 6.05. The first-order valence-corrected chi connectivity index (χ1v) is 10.6. The molecule has 2 aromatic carbocycles. The molecule has 164 valence electrons. The molecule has 2 aromatic rings. The molecule has 0 radical (unpaired) electrons. The van der Waals surface area contributed by atoms with E-state index in [1.807, 2.05) is 28.2 Å². The molecule has 0 fully saturated rings. The van der Waals surface area contributed by atoms with E-state index in [0.29, 0.717) is 13.2 Å². The van der Waals surface area contributed by atoms with E-state index in [9.17, 15) is 0 Å². The van der Waals surface area contributed by atoms with E-state index in [4.69, 9.17) is 14.2 Å². The zero-order chi connectivity index (χ0) is 21.5. The number of benzene rings is 2. The summed E-state index contributed by atoms with van der Waals surface area (Å²) < 4.78 is 17.5. The summed E-state index contributed by atoms with van der Waals surface area (Å²) in [7, 11) is 9.88. The van der Waals surface area contributed by atoms with Gasteiger partial charge >= 0.3 is 0 Å². The van der Waals surface area contributed by atoms with Crippen LogP contribution in [0.4, 0.5) is 0 Å². The van der Waals surface area contributed by atoms with E-state index in [1.54, 1.807) is 7.11 Å². The number of hydrogen-bond acceptors (Lipinski definition) is 6. The fourth-order valence-corrected chi connectivity index (χ4v) is 3.57. The number of rotatable bonds is 10. The number of likely N-dealkylation sites (N-methyl/N-ethyl adjacent to an activating group) is 2. The van der Waals surface area contributed by atoms with E-state index in [-0.39, 0.29) is 6.04 Å². The summed E-state index contributed by atoms with van der Waals surface area (Å²) in [5.74, 6) is 2.51. The Balaban J connectivity index is 1.78. The van der Waals surface area contributed by atoms with Crippen molar-refractivity contribution in [3.63, 3.8) is 0 Å². The molecule has 0 bridgehead atoms. The number of fused-ring (bicyclic) bond motifs is 1. The average molecular weight is 414 g/mol. The molecule has 0 saturated carbocycles. The molecule has 0 aliphatic carbocycles. The molecule has 1 atom stereocenters. The first-order chi connectivity index (χ1) is 14.5. The highest BCUT2D eigenvalue weighted by Gasteiger charge is 2.24. The zero-order valence-electron chi connectivity index (χ0n) is 18.9. The van der Waals surface area contributed by atoms with E-state index in [0.717, 1.165) is 43.3 Å². The molecule has 1 aliphatic heterocycles. The molecule has 1 heterocycles. The van der Waals surface area contributed by atoms with Crippen LogP contribution in [0.1, 0.15) is 22.7 Å². The van der Waals surface area contributed by atoms with Crippen LogP contribution >= 0.6 is 0 Å². The number of nitrogens with zero attached hydrogens (tertiary/aromatic N) is 2. The van der Waals surface area contributed by atoms with Crippen molar-refractivity contribution in [2.24, 2.45) is 0 Å². The second-order valence-corrected chi connectivity index (χ2v) is 8.21. The lowest BCUT2D eigenvalue weighted by Crippen LogP contribution is -2.30. The SMILES string of the molecule is COc1cc2c(cc1OCCN(C)C)C(c1ccc(OCCN(C)C)cc1)NCC2. The third-order valence-corrected chi connectivity index (χ3v) is 5.30. The normalized spacial score (nSPS) is 15.9. The Kier molecular flexibility index (Phi) is 7.96. The van der Waals surface area contributed by atoms with Gasteiger partial charge < -0.3 is 29.3 Å². The first-order valence-electron chi connectivity index (χ1n) is 10.6. The molecule has 0 saturated heterocycles. The van der Waals surface area contributed by atoms with Gasteiger partial charge in [-0.05, 0) is 75.6 Å². The molecule has 0 aromatic heterocycles. The fourth-order valence-electron chi connectivity index (χ4n) is 3.57. The lowest BCUT2D eigenvalue weighted by Gasteiger charge is -2.29. The molecule has 3 rings (SSSR count). The van der Waals surface area contributed by atoms with Crippen molar-refractivity contribution >= 4 is 0 Å². The summed E-state index contributed by atoms with van der Waals surface area (Å²) in [5, 5.41) is 3.66. The second-order valence-electron chi connectivity index (χ2n) is 8.21. The van der Waals surface area contributed by atoms with Gasteiger partial charge in [0.2, 0.25) is 0 Å². The third kappa shape index (κ3) is 5.88. The largest absolute Gasteiger partial charge is 0.493 e. The van der Waals surface area contributed by atoms with E-state index in [2.05, 4.69) is 51.5 Å². The van der Waals surface area contributed by atoms with E-state index in [1.165, 1.54) is 16.7 Å². The van der Waals surface area contributed by atoms with Gasteiger partial charge in [0.25, 0.3) is 0 Å². The van der Waals surface area contributed by atoms with Gasteiger partial charge in [-0.2, -0.15) is 0 Å². The summed E-state index contributed by atoms with van der Waals surface area (Å²) in [6.07, 6.45) is 0.978. The van der Waals surface area contributed by atoms with Gasteiger partial charge in [-0.15, -0.1) is 0 Å². The van der Waals surface area contributed by atoms with Gasteiger partial charge in [0.1, 0.15) is 19.0 Å². The summed E-state index contributed by atoms with van der Waals surface area (Å²) in [6.45, 7) is 4.00. The molecule has 1 unspecified atom stereocenters. The van der Waals surface area contributed by atoms with Crippen LogP contribution in [-0.4, -0.2) is 77.9 Å². The molecule has 6 nitrogen and oxygen atoms in total. The van der Waals surface area contributed by atoms with Crippen LogP contribution in [0.5, 0.6) is 17.2 Å². The molecular weight excluding hydrogens is 378 g/mol. The Morgan fingerprint density at radius 3 is 2.20 bits per heavy atom. The second kappa shape index (κ2) is 10.7. The fraction of sp³-hybridized carbons (Fsp3) is 0.500. The third-order valence-electron chi connectivity index (χ3n) is 5.30. The number of methoxy groups -OCH3 is 1. The minimum Gasteiger partial charge on any atom is -0.493 e. The number of nitrogens with one attached hydrogen (secondary N) is 1. The molecule has 1 aliphatic rings. The monoisotopic (exact) mass is 413 g/mol. The average Bonchev–Trinajstić information content (AvgIpc) is 2.73.